The summed E-state index contributed by atoms with van der Waals surface area (Å²) >= 11 is 0. The average Bonchev–Trinajstić information content (AvgIpc) is 2.17. The first-order valence-electron chi connectivity index (χ1n) is 5.16. The van der Waals surface area contributed by atoms with Gasteiger partial charge < -0.3 is 5.32 Å². The standard InChI is InChI=1S/C11H22N2/c1-5-8-13-10(2)6-7-12-9-11(13,3)4/h5,10,12H,1,6-9H2,2-4H3. The second kappa shape index (κ2) is 4.25. The molecule has 0 aromatic carbocycles. The average molecular weight is 182 g/mol. The zero-order valence-corrected chi connectivity index (χ0v) is 9.14. The first-order valence-corrected chi connectivity index (χ1v) is 5.16. The minimum atomic E-state index is 0.254. The van der Waals surface area contributed by atoms with E-state index in [-0.39, 0.29) is 5.54 Å². The van der Waals surface area contributed by atoms with E-state index in [1.54, 1.807) is 0 Å². The van der Waals surface area contributed by atoms with Gasteiger partial charge in [0.2, 0.25) is 0 Å². The summed E-state index contributed by atoms with van der Waals surface area (Å²) in [4.78, 5) is 2.53. The monoisotopic (exact) mass is 182 g/mol. The normalized spacial score (nSPS) is 29.6. The molecular weight excluding hydrogens is 160 g/mol. The number of hydrogen-bond acceptors (Lipinski definition) is 2. The van der Waals surface area contributed by atoms with E-state index >= 15 is 0 Å². The summed E-state index contributed by atoms with van der Waals surface area (Å²) in [7, 11) is 0. The smallest absolute Gasteiger partial charge is 0.0283 e. The van der Waals surface area contributed by atoms with Gasteiger partial charge in [-0.15, -0.1) is 6.58 Å². The van der Waals surface area contributed by atoms with Crippen molar-refractivity contribution in [2.24, 2.45) is 0 Å². The zero-order chi connectivity index (χ0) is 9.90. The molecule has 1 atom stereocenters. The lowest BCUT2D eigenvalue weighted by Crippen LogP contribution is -2.51. The molecule has 1 unspecified atom stereocenters. The van der Waals surface area contributed by atoms with Gasteiger partial charge in [0, 0.05) is 24.7 Å². The molecule has 2 nitrogen and oxygen atoms in total. The maximum Gasteiger partial charge on any atom is 0.0283 e. The number of rotatable bonds is 2. The van der Waals surface area contributed by atoms with Gasteiger partial charge in [0.25, 0.3) is 0 Å². The quantitative estimate of drug-likeness (QED) is 0.653. The van der Waals surface area contributed by atoms with E-state index in [1.165, 1.54) is 6.42 Å². The van der Waals surface area contributed by atoms with Gasteiger partial charge in [-0.25, -0.2) is 0 Å². The fourth-order valence-electron chi connectivity index (χ4n) is 2.13. The minimum Gasteiger partial charge on any atom is -0.315 e. The van der Waals surface area contributed by atoms with Crippen LogP contribution < -0.4 is 5.32 Å². The Hall–Kier alpha value is -0.340. The molecule has 1 rings (SSSR count). The van der Waals surface area contributed by atoms with Crippen molar-refractivity contribution in [2.45, 2.75) is 38.8 Å². The molecule has 0 aromatic heterocycles. The molecule has 1 fully saturated rings. The van der Waals surface area contributed by atoms with Crippen LogP contribution in [0, 0.1) is 0 Å². The lowest BCUT2D eigenvalue weighted by atomic mass is 10.0. The molecule has 0 aliphatic carbocycles. The molecule has 0 bridgehead atoms. The van der Waals surface area contributed by atoms with E-state index in [2.05, 4.69) is 37.6 Å². The van der Waals surface area contributed by atoms with Crippen LogP contribution in [0.1, 0.15) is 27.2 Å². The van der Waals surface area contributed by atoms with E-state index in [0.29, 0.717) is 6.04 Å². The molecule has 0 radical (unpaired) electrons. The SMILES string of the molecule is C=CCN1C(C)CCNCC1(C)C. The van der Waals surface area contributed by atoms with Gasteiger partial charge in [-0.05, 0) is 33.7 Å². The fourth-order valence-corrected chi connectivity index (χ4v) is 2.13. The Bertz CT molecular complexity index is 175. The molecular formula is C11H22N2. The molecule has 13 heavy (non-hydrogen) atoms. The van der Waals surface area contributed by atoms with Gasteiger partial charge in [0.05, 0.1) is 0 Å². The molecule has 2 heteroatoms. The van der Waals surface area contributed by atoms with Crippen molar-refractivity contribution in [1.29, 1.82) is 0 Å². The van der Waals surface area contributed by atoms with E-state index in [4.69, 9.17) is 0 Å². The summed E-state index contributed by atoms with van der Waals surface area (Å²) in [6, 6.07) is 0.656. The van der Waals surface area contributed by atoms with E-state index in [0.717, 1.165) is 19.6 Å². The molecule has 0 spiro atoms. The van der Waals surface area contributed by atoms with Crippen molar-refractivity contribution in [3.8, 4) is 0 Å². The molecule has 1 heterocycles. The van der Waals surface area contributed by atoms with Crippen molar-refractivity contribution in [2.75, 3.05) is 19.6 Å². The van der Waals surface area contributed by atoms with Gasteiger partial charge in [-0.1, -0.05) is 6.08 Å². The summed E-state index contributed by atoms with van der Waals surface area (Å²) in [5.41, 5.74) is 0.254. The minimum absolute atomic E-state index is 0.254. The lowest BCUT2D eigenvalue weighted by molar-refractivity contribution is 0.104. The Kier molecular flexibility index (Phi) is 3.51. The van der Waals surface area contributed by atoms with Crippen molar-refractivity contribution >= 4 is 0 Å². The Balaban J connectivity index is 2.73. The molecule has 1 aliphatic heterocycles. The summed E-state index contributed by atoms with van der Waals surface area (Å²) in [6.45, 7) is 13.9. The van der Waals surface area contributed by atoms with E-state index < -0.39 is 0 Å². The summed E-state index contributed by atoms with van der Waals surface area (Å²) in [5.74, 6) is 0. The Morgan fingerprint density at radius 2 is 2.31 bits per heavy atom. The van der Waals surface area contributed by atoms with E-state index in [9.17, 15) is 0 Å². The Labute approximate surface area is 82.0 Å². The van der Waals surface area contributed by atoms with Crippen LogP contribution in [0.15, 0.2) is 12.7 Å². The van der Waals surface area contributed by atoms with Gasteiger partial charge >= 0.3 is 0 Å². The molecule has 1 aliphatic rings. The highest BCUT2D eigenvalue weighted by Crippen LogP contribution is 2.20. The van der Waals surface area contributed by atoms with Crippen molar-refractivity contribution in [3.63, 3.8) is 0 Å². The van der Waals surface area contributed by atoms with Gasteiger partial charge in [0.1, 0.15) is 0 Å². The second-order valence-corrected chi connectivity index (χ2v) is 4.57. The van der Waals surface area contributed by atoms with Crippen molar-refractivity contribution in [3.05, 3.63) is 12.7 Å². The highest BCUT2D eigenvalue weighted by Gasteiger charge is 2.31. The number of nitrogens with one attached hydrogen (secondary N) is 1. The van der Waals surface area contributed by atoms with Crippen LogP contribution in [-0.2, 0) is 0 Å². The number of hydrogen-bond donors (Lipinski definition) is 1. The molecule has 1 saturated heterocycles. The van der Waals surface area contributed by atoms with Crippen LogP contribution in [0.2, 0.25) is 0 Å². The third kappa shape index (κ3) is 2.55. The summed E-state index contributed by atoms with van der Waals surface area (Å²) in [6.07, 6.45) is 3.24. The van der Waals surface area contributed by atoms with Crippen molar-refractivity contribution in [1.82, 2.24) is 10.2 Å². The third-order valence-electron chi connectivity index (χ3n) is 2.93. The third-order valence-corrected chi connectivity index (χ3v) is 2.93. The molecule has 1 N–H and O–H groups in total. The molecule has 76 valence electrons. The van der Waals surface area contributed by atoms with Crippen LogP contribution in [0.3, 0.4) is 0 Å². The number of nitrogens with zero attached hydrogens (tertiary/aromatic N) is 1. The molecule has 0 aromatic rings. The van der Waals surface area contributed by atoms with Crippen LogP contribution in [0.4, 0.5) is 0 Å². The largest absolute Gasteiger partial charge is 0.315 e. The fraction of sp³-hybridized carbons (Fsp3) is 0.818. The summed E-state index contributed by atoms with van der Waals surface area (Å²) in [5, 5.41) is 3.48. The highest BCUT2D eigenvalue weighted by molar-refractivity contribution is 4.93. The lowest BCUT2D eigenvalue weighted by Gasteiger charge is -2.40. The maximum absolute atomic E-state index is 3.82. The topological polar surface area (TPSA) is 15.3 Å². The van der Waals surface area contributed by atoms with Crippen LogP contribution in [0.5, 0.6) is 0 Å². The summed E-state index contributed by atoms with van der Waals surface area (Å²) < 4.78 is 0. The second-order valence-electron chi connectivity index (χ2n) is 4.57. The zero-order valence-electron chi connectivity index (χ0n) is 9.14. The van der Waals surface area contributed by atoms with Gasteiger partial charge in [0.15, 0.2) is 0 Å². The van der Waals surface area contributed by atoms with Crippen LogP contribution in [0.25, 0.3) is 0 Å². The Morgan fingerprint density at radius 3 is 2.92 bits per heavy atom. The molecule has 0 amide bonds. The first-order chi connectivity index (χ1) is 6.08. The maximum atomic E-state index is 3.82. The van der Waals surface area contributed by atoms with E-state index in [1.807, 2.05) is 6.08 Å². The van der Waals surface area contributed by atoms with Crippen LogP contribution >= 0.6 is 0 Å². The Morgan fingerprint density at radius 1 is 1.62 bits per heavy atom. The van der Waals surface area contributed by atoms with Gasteiger partial charge in [-0.3, -0.25) is 4.90 Å². The predicted molar refractivity (Wildman–Crippen MR) is 57.9 cm³/mol. The van der Waals surface area contributed by atoms with Crippen LogP contribution in [-0.4, -0.2) is 36.1 Å². The van der Waals surface area contributed by atoms with Gasteiger partial charge in [-0.2, -0.15) is 0 Å². The predicted octanol–water partition coefficient (Wildman–Crippen LogP) is 1.63. The van der Waals surface area contributed by atoms with Crippen molar-refractivity contribution < 1.29 is 0 Å². The highest BCUT2D eigenvalue weighted by atomic mass is 15.2. The first kappa shape index (κ1) is 10.7. The molecule has 0 saturated carbocycles.